The van der Waals surface area contributed by atoms with Gasteiger partial charge in [-0.05, 0) is 102 Å². The molecular weight excluding hydrogens is 504 g/mol. The van der Waals surface area contributed by atoms with Crippen LogP contribution in [0.1, 0.15) is 32.6 Å². The lowest BCUT2D eigenvalue weighted by Gasteiger charge is -2.13. The molecule has 0 N–H and O–H groups in total. The average molecular weight is 543 g/mol. The van der Waals surface area contributed by atoms with Gasteiger partial charge >= 0.3 is 0 Å². The van der Waals surface area contributed by atoms with Gasteiger partial charge in [0.25, 0.3) is 0 Å². The first-order valence-electron chi connectivity index (χ1n) is 14.5. The molecule has 0 bridgehead atoms. The normalized spacial score (nSPS) is 18.4. The van der Waals surface area contributed by atoms with Crippen molar-refractivity contribution in [1.29, 1.82) is 0 Å². The van der Waals surface area contributed by atoms with Crippen LogP contribution in [0.25, 0.3) is 21.5 Å². The lowest BCUT2D eigenvalue weighted by atomic mass is 10.0. The highest BCUT2D eigenvalue weighted by Gasteiger charge is 2.23. The molecule has 6 heteroatoms. The Hall–Kier alpha value is -3.48. The summed E-state index contributed by atoms with van der Waals surface area (Å²) in [6, 6.07) is 24.8. The Morgan fingerprint density at radius 2 is 0.950 bits per heavy atom. The maximum Gasteiger partial charge on any atom is 0.120 e. The summed E-state index contributed by atoms with van der Waals surface area (Å²) in [6.45, 7) is 6.59. The van der Waals surface area contributed by atoms with Crippen molar-refractivity contribution in [3.8, 4) is 23.0 Å². The van der Waals surface area contributed by atoms with E-state index in [9.17, 15) is 0 Å². The van der Waals surface area contributed by atoms with Crippen LogP contribution in [0.3, 0.4) is 0 Å². The standard InChI is InChI=1S/C34H38O6/c1-24(4-2-14-35-29-10-6-25-8-12-31(18-27(25)16-29)37-20-33-22-39-33)5-3-15-36-30-11-7-26-9-13-32(19-28(26)17-30)38-21-34-23-40-34/h6-13,16-19,24,33-34H,2-5,14-15,20-23H2,1H3. The van der Waals surface area contributed by atoms with Gasteiger partial charge in [-0.25, -0.2) is 0 Å². The SMILES string of the molecule is CC(CCCOc1ccc2ccc(OCC3CO3)cc2c1)CCCOc1ccc2ccc(OCC3CO3)cc2c1. The molecule has 40 heavy (non-hydrogen) atoms. The molecule has 0 amide bonds. The van der Waals surface area contributed by atoms with E-state index in [1.165, 1.54) is 10.8 Å². The van der Waals surface area contributed by atoms with Crippen molar-refractivity contribution in [1.82, 2.24) is 0 Å². The summed E-state index contributed by atoms with van der Waals surface area (Å²) in [6.07, 6.45) is 4.86. The molecule has 4 aromatic rings. The van der Waals surface area contributed by atoms with Gasteiger partial charge < -0.3 is 28.4 Å². The Kier molecular flexibility index (Phi) is 8.55. The van der Waals surface area contributed by atoms with Crippen LogP contribution in [0.2, 0.25) is 0 Å². The minimum Gasteiger partial charge on any atom is -0.494 e. The summed E-state index contributed by atoms with van der Waals surface area (Å²) in [7, 11) is 0. The van der Waals surface area contributed by atoms with E-state index in [1.54, 1.807) is 0 Å². The molecule has 6 nitrogen and oxygen atoms in total. The van der Waals surface area contributed by atoms with Crippen LogP contribution in [0.5, 0.6) is 23.0 Å². The predicted octanol–water partition coefficient (Wildman–Crippen LogP) is 7.20. The third-order valence-electron chi connectivity index (χ3n) is 7.46. The maximum atomic E-state index is 6.07. The summed E-state index contributed by atoms with van der Waals surface area (Å²) in [5.41, 5.74) is 0. The number of fused-ring (bicyclic) bond motifs is 2. The Morgan fingerprint density at radius 3 is 1.32 bits per heavy atom. The van der Waals surface area contributed by atoms with Gasteiger partial charge in [-0.15, -0.1) is 0 Å². The first-order chi connectivity index (χ1) is 19.7. The second-order valence-corrected chi connectivity index (χ2v) is 11.0. The molecule has 210 valence electrons. The Balaban J connectivity index is 0.884. The molecule has 2 unspecified atom stereocenters. The van der Waals surface area contributed by atoms with Gasteiger partial charge in [-0.3, -0.25) is 0 Å². The van der Waals surface area contributed by atoms with Crippen molar-refractivity contribution in [2.45, 2.75) is 44.8 Å². The number of rotatable bonds is 16. The molecule has 2 atom stereocenters. The molecule has 2 fully saturated rings. The molecule has 0 radical (unpaired) electrons. The van der Waals surface area contributed by atoms with Crippen molar-refractivity contribution in [3.05, 3.63) is 72.8 Å². The van der Waals surface area contributed by atoms with Crippen LogP contribution in [0.15, 0.2) is 72.8 Å². The Labute approximate surface area is 236 Å². The molecule has 2 heterocycles. The van der Waals surface area contributed by atoms with E-state index in [2.05, 4.69) is 55.5 Å². The molecule has 6 rings (SSSR count). The van der Waals surface area contributed by atoms with E-state index >= 15 is 0 Å². The highest BCUT2D eigenvalue weighted by molar-refractivity contribution is 5.86. The maximum absolute atomic E-state index is 6.07. The van der Waals surface area contributed by atoms with Crippen molar-refractivity contribution in [2.24, 2.45) is 5.92 Å². The van der Waals surface area contributed by atoms with Crippen molar-refractivity contribution < 1.29 is 28.4 Å². The molecule has 0 saturated carbocycles. The quantitative estimate of drug-likeness (QED) is 0.110. The lowest BCUT2D eigenvalue weighted by Crippen LogP contribution is -2.05. The van der Waals surface area contributed by atoms with E-state index in [0.717, 1.165) is 85.9 Å². The smallest absolute Gasteiger partial charge is 0.120 e. The first kappa shape index (κ1) is 26.7. The highest BCUT2D eigenvalue weighted by Crippen LogP contribution is 2.28. The summed E-state index contributed by atoms with van der Waals surface area (Å²) < 4.78 is 34.2. The number of ether oxygens (including phenoxy) is 6. The molecular formula is C34H38O6. The summed E-state index contributed by atoms with van der Waals surface area (Å²) in [4.78, 5) is 0. The third-order valence-corrected chi connectivity index (χ3v) is 7.46. The van der Waals surface area contributed by atoms with Crippen LogP contribution in [0, 0.1) is 5.92 Å². The minimum atomic E-state index is 0.257. The minimum absolute atomic E-state index is 0.257. The summed E-state index contributed by atoms with van der Waals surface area (Å²) in [5.74, 6) is 4.19. The molecule has 4 aromatic carbocycles. The molecule has 0 aliphatic carbocycles. The van der Waals surface area contributed by atoms with Crippen molar-refractivity contribution in [2.75, 3.05) is 39.6 Å². The number of hydrogen-bond donors (Lipinski definition) is 0. The monoisotopic (exact) mass is 542 g/mol. The summed E-state index contributed by atoms with van der Waals surface area (Å²) >= 11 is 0. The fraction of sp³-hybridized carbons (Fsp3) is 0.412. The Bertz CT molecular complexity index is 1300. The van der Waals surface area contributed by atoms with Crippen molar-refractivity contribution in [3.63, 3.8) is 0 Å². The number of epoxide rings is 2. The van der Waals surface area contributed by atoms with E-state index < -0.39 is 0 Å². The lowest BCUT2D eigenvalue weighted by molar-refractivity contribution is 0.263. The van der Waals surface area contributed by atoms with E-state index in [4.69, 9.17) is 28.4 Å². The van der Waals surface area contributed by atoms with Crippen molar-refractivity contribution >= 4 is 21.5 Å². The molecule has 2 aliphatic rings. The zero-order valence-corrected chi connectivity index (χ0v) is 23.2. The third kappa shape index (κ3) is 7.80. The van der Waals surface area contributed by atoms with Crippen LogP contribution in [0.4, 0.5) is 0 Å². The van der Waals surface area contributed by atoms with E-state index in [0.29, 0.717) is 19.1 Å². The predicted molar refractivity (Wildman–Crippen MR) is 157 cm³/mol. The van der Waals surface area contributed by atoms with Crippen LogP contribution >= 0.6 is 0 Å². The second-order valence-electron chi connectivity index (χ2n) is 11.0. The molecule has 2 saturated heterocycles. The molecule has 2 aliphatic heterocycles. The van der Waals surface area contributed by atoms with Crippen LogP contribution in [-0.2, 0) is 9.47 Å². The first-order valence-corrected chi connectivity index (χ1v) is 14.5. The largest absolute Gasteiger partial charge is 0.494 e. The van der Waals surface area contributed by atoms with Crippen LogP contribution in [-0.4, -0.2) is 51.8 Å². The van der Waals surface area contributed by atoms with Gasteiger partial charge in [0, 0.05) is 0 Å². The highest BCUT2D eigenvalue weighted by atomic mass is 16.6. The zero-order chi connectivity index (χ0) is 27.1. The summed E-state index contributed by atoms with van der Waals surface area (Å²) in [5, 5.41) is 4.62. The van der Waals surface area contributed by atoms with Gasteiger partial charge in [-0.1, -0.05) is 31.2 Å². The van der Waals surface area contributed by atoms with E-state index in [1.807, 2.05) is 24.3 Å². The topological polar surface area (TPSA) is 62.0 Å². The molecule has 0 spiro atoms. The fourth-order valence-corrected chi connectivity index (χ4v) is 4.86. The molecule has 0 aromatic heterocycles. The second kappa shape index (κ2) is 12.8. The average Bonchev–Trinajstić information content (AvgIpc) is 3.91. The Morgan fingerprint density at radius 1 is 0.575 bits per heavy atom. The van der Waals surface area contributed by atoms with Gasteiger partial charge in [-0.2, -0.15) is 0 Å². The van der Waals surface area contributed by atoms with Gasteiger partial charge in [0.2, 0.25) is 0 Å². The fourth-order valence-electron chi connectivity index (χ4n) is 4.86. The number of hydrogen-bond acceptors (Lipinski definition) is 6. The van der Waals surface area contributed by atoms with Crippen LogP contribution < -0.4 is 18.9 Å². The zero-order valence-electron chi connectivity index (χ0n) is 23.2. The van der Waals surface area contributed by atoms with Gasteiger partial charge in [0.15, 0.2) is 0 Å². The van der Waals surface area contributed by atoms with E-state index in [-0.39, 0.29) is 12.2 Å². The van der Waals surface area contributed by atoms with Gasteiger partial charge in [0.05, 0.1) is 26.4 Å². The number of benzene rings is 4. The van der Waals surface area contributed by atoms with Gasteiger partial charge in [0.1, 0.15) is 48.4 Å².